The summed E-state index contributed by atoms with van der Waals surface area (Å²) >= 11 is 0. The van der Waals surface area contributed by atoms with Gasteiger partial charge in [-0.25, -0.2) is 0 Å². The van der Waals surface area contributed by atoms with Gasteiger partial charge in [0.25, 0.3) is 0 Å². The Balaban J connectivity index is 2.46. The largest absolute Gasteiger partial charge is 0.497 e. The van der Waals surface area contributed by atoms with Crippen LogP contribution in [0.15, 0.2) is 24.3 Å². The predicted octanol–water partition coefficient (Wildman–Crippen LogP) is 3.75. The van der Waals surface area contributed by atoms with Crippen LogP contribution in [0.3, 0.4) is 0 Å². The van der Waals surface area contributed by atoms with Crippen LogP contribution in [0.5, 0.6) is 5.75 Å². The smallest absolute Gasteiger partial charge is 0.119 e. The van der Waals surface area contributed by atoms with E-state index in [-0.39, 0.29) is 0 Å². The van der Waals surface area contributed by atoms with Crippen LogP contribution in [-0.2, 0) is 6.54 Å². The van der Waals surface area contributed by atoms with Gasteiger partial charge in [0, 0.05) is 12.6 Å². The van der Waals surface area contributed by atoms with E-state index in [4.69, 9.17) is 4.74 Å². The van der Waals surface area contributed by atoms with Gasteiger partial charge in [0.2, 0.25) is 0 Å². The monoisotopic (exact) mass is 235 g/mol. The lowest BCUT2D eigenvalue weighted by molar-refractivity contribution is 0.412. The van der Waals surface area contributed by atoms with Crippen molar-refractivity contribution in [3.8, 4) is 5.75 Å². The van der Waals surface area contributed by atoms with E-state index in [1.165, 1.54) is 31.2 Å². The van der Waals surface area contributed by atoms with Crippen LogP contribution in [0.2, 0.25) is 0 Å². The zero-order valence-corrected chi connectivity index (χ0v) is 11.3. The number of rotatable bonds is 8. The first-order chi connectivity index (χ1) is 8.30. The minimum Gasteiger partial charge on any atom is -0.497 e. The van der Waals surface area contributed by atoms with E-state index in [9.17, 15) is 0 Å². The van der Waals surface area contributed by atoms with Gasteiger partial charge in [0.1, 0.15) is 5.75 Å². The number of hydrogen-bond acceptors (Lipinski definition) is 2. The van der Waals surface area contributed by atoms with E-state index in [0.29, 0.717) is 6.04 Å². The van der Waals surface area contributed by atoms with Crippen molar-refractivity contribution in [1.82, 2.24) is 5.32 Å². The molecule has 0 amide bonds. The van der Waals surface area contributed by atoms with Crippen LogP contribution in [0.25, 0.3) is 0 Å². The van der Waals surface area contributed by atoms with E-state index < -0.39 is 0 Å². The lowest BCUT2D eigenvalue weighted by Gasteiger charge is -2.17. The van der Waals surface area contributed by atoms with Crippen molar-refractivity contribution < 1.29 is 4.74 Å². The van der Waals surface area contributed by atoms with Crippen molar-refractivity contribution in [3.05, 3.63) is 29.8 Å². The van der Waals surface area contributed by atoms with Gasteiger partial charge in [-0.2, -0.15) is 0 Å². The highest BCUT2D eigenvalue weighted by Gasteiger charge is 2.05. The van der Waals surface area contributed by atoms with Crippen LogP contribution in [0.1, 0.15) is 45.1 Å². The standard InChI is InChI=1S/C15H25NO/c1-4-7-14(8-5-2)16-12-13-9-6-10-15(11-13)17-3/h6,9-11,14,16H,4-5,7-8,12H2,1-3H3. The Hall–Kier alpha value is -1.02. The number of benzene rings is 1. The second-order valence-electron chi connectivity index (χ2n) is 4.51. The quantitative estimate of drug-likeness (QED) is 0.741. The first-order valence-electron chi connectivity index (χ1n) is 6.66. The fourth-order valence-corrected chi connectivity index (χ4v) is 2.09. The topological polar surface area (TPSA) is 21.3 Å². The maximum atomic E-state index is 5.23. The second kappa shape index (κ2) is 8.13. The van der Waals surface area contributed by atoms with Gasteiger partial charge in [-0.15, -0.1) is 0 Å². The highest BCUT2D eigenvalue weighted by atomic mass is 16.5. The molecule has 1 rings (SSSR count). The molecule has 0 saturated carbocycles. The minimum atomic E-state index is 0.649. The van der Waals surface area contributed by atoms with E-state index in [1.54, 1.807) is 7.11 Å². The predicted molar refractivity (Wildman–Crippen MR) is 73.4 cm³/mol. The molecule has 0 radical (unpaired) electrons. The molecule has 17 heavy (non-hydrogen) atoms. The third-order valence-electron chi connectivity index (χ3n) is 3.00. The minimum absolute atomic E-state index is 0.649. The molecule has 2 heteroatoms. The fourth-order valence-electron chi connectivity index (χ4n) is 2.09. The molecule has 0 aliphatic rings. The summed E-state index contributed by atoms with van der Waals surface area (Å²) in [7, 11) is 1.71. The zero-order chi connectivity index (χ0) is 12.5. The van der Waals surface area contributed by atoms with E-state index >= 15 is 0 Å². The molecular weight excluding hydrogens is 210 g/mol. The summed E-state index contributed by atoms with van der Waals surface area (Å²) in [5.41, 5.74) is 1.29. The summed E-state index contributed by atoms with van der Waals surface area (Å²) in [6.07, 6.45) is 5.02. The molecule has 0 bridgehead atoms. The molecule has 96 valence electrons. The number of hydrogen-bond donors (Lipinski definition) is 1. The number of methoxy groups -OCH3 is 1. The third kappa shape index (κ3) is 5.22. The van der Waals surface area contributed by atoms with E-state index in [2.05, 4.69) is 31.3 Å². The SMILES string of the molecule is CCCC(CCC)NCc1cccc(OC)c1. The van der Waals surface area contributed by atoms with Crippen molar-refractivity contribution >= 4 is 0 Å². The van der Waals surface area contributed by atoms with Gasteiger partial charge in [0.05, 0.1) is 7.11 Å². The molecule has 1 aromatic carbocycles. The van der Waals surface area contributed by atoms with Gasteiger partial charge < -0.3 is 10.1 Å². The van der Waals surface area contributed by atoms with E-state index in [1.807, 2.05) is 12.1 Å². The highest BCUT2D eigenvalue weighted by molar-refractivity contribution is 5.28. The molecule has 1 N–H and O–H groups in total. The number of ether oxygens (including phenoxy) is 1. The van der Waals surface area contributed by atoms with Gasteiger partial charge in [-0.3, -0.25) is 0 Å². The Labute approximate surface area is 105 Å². The van der Waals surface area contributed by atoms with Gasteiger partial charge >= 0.3 is 0 Å². The molecule has 0 aliphatic carbocycles. The maximum Gasteiger partial charge on any atom is 0.119 e. The third-order valence-corrected chi connectivity index (χ3v) is 3.00. The normalized spacial score (nSPS) is 10.8. The summed E-state index contributed by atoms with van der Waals surface area (Å²) in [6.45, 7) is 5.42. The van der Waals surface area contributed by atoms with E-state index in [0.717, 1.165) is 12.3 Å². The van der Waals surface area contributed by atoms with Crippen LogP contribution in [0.4, 0.5) is 0 Å². The second-order valence-corrected chi connectivity index (χ2v) is 4.51. The van der Waals surface area contributed by atoms with Crippen LogP contribution in [0, 0.1) is 0 Å². The summed E-state index contributed by atoms with van der Waals surface area (Å²) in [6, 6.07) is 8.92. The molecule has 0 fully saturated rings. The zero-order valence-electron chi connectivity index (χ0n) is 11.3. The van der Waals surface area contributed by atoms with Crippen molar-refractivity contribution in [3.63, 3.8) is 0 Å². The molecule has 0 spiro atoms. The van der Waals surface area contributed by atoms with Crippen molar-refractivity contribution in [1.29, 1.82) is 0 Å². The first-order valence-corrected chi connectivity index (χ1v) is 6.66. The van der Waals surface area contributed by atoms with Crippen LogP contribution < -0.4 is 10.1 Å². The average molecular weight is 235 g/mol. The molecule has 0 aliphatic heterocycles. The lowest BCUT2D eigenvalue weighted by Crippen LogP contribution is -2.28. The fraction of sp³-hybridized carbons (Fsp3) is 0.600. The molecule has 2 nitrogen and oxygen atoms in total. The Kier molecular flexibility index (Phi) is 6.71. The first kappa shape index (κ1) is 14.0. The van der Waals surface area contributed by atoms with Crippen LogP contribution in [-0.4, -0.2) is 13.2 Å². The molecule has 0 heterocycles. The summed E-state index contributed by atoms with van der Waals surface area (Å²) in [4.78, 5) is 0. The molecular formula is C15H25NO. The Morgan fingerprint density at radius 3 is 2.47 bits per heavy atom. The highest BCUT2D eigenvalue weighted by Crippen LogP contribution is 2.13. The summed E-state index contributed by atoms with van der Waals surface area (Å²) in [5, 5.41) is 3.63. The Bertz CT molecular complexity index is 306. The van der Waals surface area contributed by atoms with Gasteiger partial charge in [-0.1, -0.05) is 38.8 Å². The Morgan fingerprint density at radius 1 is 1.18 bits per heavy atom. The lowest BCUT2D eigenvalue weighted by atomic mass is 10.1. The molecule has 1 aromatic rings. The van der Waals surface area contributed by atoms with Gasteiger partial charge in [0.15, 0.2) is 0 Å². The number of nitrogens with one attached hydrogen (secondary N) is 1. The van der Waals surface area contributed by atoms with Gasteiger partial charge in [-0.05, 0) is 30.5 Å². The van der Waals surface area contributed by atoms with Crippen molar-refractivity contribution in [2.24, 2.45) is 0 Å². The van der Waals surface area contributed by atoms with Crippen molar-refractivity contribution in [2.75, 3.05) is 7.11 Å². The summed E-state index contributed by atoms with van der Waals surface area (Å²) < 4.78 is 5.23. The van der Waals surface area contributed by atoms with Crippen molar-refractivity contribution in [2.45, 2.75) is 52.1 Å². The molecule has 0 aromatic heterocycles. The molecule has 0 saturated heterocycles. The maximum absolute atomic E-state index is 5.23. The average Bonchev–Trinajstić information content (AvgIpc) is 2.37. The summed E-state index contributed by atoms with van der Waals surface area (Å²) in [5.74, 6) is 0.937. The van der Waals surface area contributed by atoms with Crippen LogP contribution >= 0.6 is 0 Å². The molecule has 0 unspecified atom stereocenters. The molecule has 0 atom stereocenters. The Morgan fingerprint density at radius 2 is 1.88 bits per heavy atom.